The second-order valence-electron chi connectivity index (χ2n) is 17.2. The Bertz CT molecular complexity index is 3370. The van der Waals surface area contributed by atoms with Crippen molar-refractivity contribution in [2.24, 2.45) is 0 Å². The number of benzene rings is 9. The molecule has 0 amide bonds. The molecule has 3 aliphatic carbocycles. The van der Waals surface area contributed by atoms with Crippen molar-refractivity contribution in [3.63, 3.8) is 0 Å². The number of fused-ring (bicyclic) bond motifs is 16. The average molecular weight is 766 g/mol. The summed E-state index contributed by atoms with van der Waals surface area (Å²) in [5, 5.41) is 2.27. The van der Waals surface area contributed by atoms with Gasteiger partial charge in [0.2, 0.25) is 0 Å². The Labute approximate surface area is 349 Å². The molecule has 60 heavy (non-hydrogen) atoms. The summed E-state index contributed by atoms with van der Waals surface area (Å²) in [4.78, 5) is 2.48. The van der Waals surface area contributed by atoms with Crippen molar-refractivity contribution in [1.82, 2.24) is 0 Å². The monoisotopic (exact) mass is 765 g/mol. The molecule has 2 nitrogen and oxygen atoms in total. The summed E-state index contributed by atoms with van der Waals surface area (Å²) in [5.74, 6) is 0. The van der Waals surface area contributed by atoms with Gasteiger partial charge in [-0.2, -0.15) is 0 Å². The number of nitrogens with zero attached hydrogens (tertiary/aromatic N) is 1. The first-order valence-corrected chi connectivity index (χ1v) is 21.0. The molecule has 2 heteroatoms. The summed E-state index contributed by atoms with van der Waals surface area (Å²) < 4.78 is 6.59. The predicted molar refractivity (Wildman–Crippen MR) is 248 cm³/mol. The van der Waals surface area contributed by atoms with Crippen molar-refractivity contribution in [2.75, 3.05) is 4.90 Å². The first kappa shape index (κ1) is 33.5. The fraction of sp³-hybridized carbons (Fsp3) is 0.0690. The maximum absolute atomic E-state index is 6.59. The van der Waals surface area contributed by atoms with Gasteiger partial charge in [0.25, 0.3) is 0 Å². The lowest BCUT2D eigenvalue weighted by atomic mass is 9.70. The molecule has 0 bridgehead atoms. The Morgan fingerprint density at radius 3 is 1.48 bits per heavy atom. The summed E-state index contributed by atoms with van der Waals surface area (Å²) in [6.07, 6.45) is 0. The second kappa shape index (κ2) is 12.1. The summed E-state index contributed by atoms with van der Waals surface area (Å²) >= 11 is 0. The molecular weight excluding hydrogens is 727 g/mol. The van der Waals surface area contributed by atoms with Crippen molar-refractivity contribution in [1.29, 1.82) is 0 Å². The molecule has 0 aliphatic heterocycles. The van der Waals surface area contributed by atoms with E-state index in [-0.39, 0.29) is 5.41 Å². The summed E-state index contributed by atoms with van der Waals surface area (Å²) in [5.41, 5.74) is 22.7. The Morgan fingerprint density at radius 2 is 0.817 bits per heavy atom. The first-order chi connectivity index (χ1) is 29.5. The fourth-order valence-corrected chi connectivity index (χ4v) is 11.3. The van der Waals surface area contributed by atoms with Crippen LogP contribution in [0.2, 0.25) is 0 Å². The van der Waals surface area contributed by atoms with E-state index < -0.39 is 5.41 Å². The third-order valence-corrected chi connectivity index (χ3v) is 13.9. The van der Waals surface area contributed by atoms with Crippen molar-refractivity contribution < 1.29 is 4.42 Å². The third-order valence-electron chi connectivity index (χ3n) is 13.9. The van der Waals surface area contributed by atoms with Crippen LogP contribution in [0.15, 0.2) is 205 Å². The minimum Gasteiger partial charge on any atom is -0.455 e. The molecule has 0 fully saturated rings. The minimum absolute atomic E-state index is 0.146. The molecule has 1 aromatic heterocycles. The molecule has 0 N–H and O–H groups in total. The minimum atomic E-state index is -0.443. The lowest BCUT2D eigenvalue weighted by molar-refractivity contribution is 0.660. The van der Waals surface area contributed by atoms with Crippen LogP contribution in [-0.4, -0.2) is 0 Å². The van der Waals surface area contributed by atoms with E-state index in [4.69, 9.17) is 4.42 Å². The van der Waals surface area contributed by atoms with Crippen LogP contribution >= 0.6 is 0 Å². The van der Waals surface area contributed by atoms with Crippen LogP contribution in [0.4, 0.5) is 17.1 Å². The fourth-order valence-electron chi connectivity index (χ4n) is 11.3. The first-order valence-electron chi connectivity index (χ1n) is 21.0. The van der Waals surface area contributed by atoms with E-state index in [1.54, 1.807) is 0 Å². The summed E-state index contributed by atoms with van der Waals surface area (Å²) in [6, 6.07) is 74.2. The largest absolute Gasteiger partial charge is 0.455 e. The van der Waals surface area contributed by atoms with Crippen molar-refractivity contribution in [2.45, 2.75) is 24.7 Å². The van der Waals surface area contributed by atoms with E-state index in [0.717, 1.165) is 50.1 Å². The average Bonchev–Trinajstić information content (AvgIpc) is 3.99. The predicted octanol–water partition coefficient (Wildman–Crippen LogP) is 15.4. The van der Waals surface area contributed by atoms with Crippen LogP contribution < -0.4 is 4.90 Å². The molecule has 9 aromatic carbocycles. The standard InChI is InChI=1S/C58H39NO/c1-57(2)49-24-8-3-17-41(49)45-31-29-38(34-53(45)57)59(37-16-13-15-36(33-37)40-22-14-23-48-47-21-7-12-28-55(47)60-56(40)48)39-30-32-46-44-20-6-11-27-52(44)58(54(46)35-39)50-25-9-4-18-42(50)43-19-5-10-26-51(43)58/h3-35H,1-2H3. The lowest BCUT2D eigenvalue weighted by Gasteiger charge is -2.32. The van der Waals surface area contributed by atoms with Crippen LogP contribution in [0.5, 0.6) is 0 Å². The van der Waals surface area contributed by atoms with Gasteiger partial charge >= 0.3 is 0 Å². The molecule has 0 atom stereocenters. The number of furan rings is 1. The quantitative estimate of drug-likeness (QED) is 0.177. The molecule has 0 saturated carbocycles. The Morgan fingerprint density at radius 1 is 0.350 bits per heavy atom. The number of rotatable bonds is 4. The van der Waals surface area contributed by atoms with E-state index >= 15 is 0 Å². The zero-order valence-corrected chi connectivity index (χ0v) is 33.4. The van der Waals surface area contributed by atoms with Gasteiger partial charge in [-0.15, -0.1) is 0 Å². The maximum Gasteiger partial charge on any atom is 0.143 e. The third kappa shape index (κ3) is 4.32. The normalized spacial score (nSPS) is 14.4. The second-order valence-corrected chi connectivity index (χ2v) is 17.2. The highest BCUT2D eigenvalue weighted by Gasteiger charge is 2.51. The Balaban J connectivity index is 1.06. The number of hydrogen-bond donors (Lipinski definition) is 0. The molecule has 0 saturated heterocycles. The van der Waals surface area contributed by atoms with E-state index in [1.165, 1.54) is 66.8 Å². The van der Waals surface area contributed by atoms with Gasteiger partial charge < -0.3 is 9.32 Å². The van der Waals surface area contributed by atoms with Gasteiger partial charge in [-0.3, -0.25) is 0 Å². The van der Waals surface area contributed by atoms with Crippen LogP contribution in [-0.2, 0) is 10.8 Å². The Hall–Kier alpha value is -7.42. The van der Waals surface area contributed by atoms with Gasteiger partial charge in [0.05, 0.1) is 5.41 Å². The zero-order chi connectivity index (χ0) is 39.7. The van der Waals surface area contributed by atoms with Gasteiger partial charge in [-0.25, -0.2) is 0 Å². The molecule has 1 spiro atoms. The highest BCUT2D eigenvalue weighted by Crippen LogP contribution is 2.63. The van der Waals surface area contributed by atoms with Crippen LogP contribution in [0.25, 0.3) is 66.4 Å². The van der Waals surface area contributed by atoms with Crippen molar-refractivity contribution in [3.05, 3.63) is 234 Å². The van der Waals surface area contributed by atoms with Crippen LogP contribution in [0.1, 0.15) is 47.2 Å². The van der Waals surface area contributed by atoms with Gasteiger partial charge in [0, 0.05) is 38.8 Å². The molecule has 0 radical (unpaired) electrons. The van der Waals surface area contributed by atoms with Crippen molar-refractivity contribution in [3.8, 4) is 44.5 Å². The topological polar surface area (TPSA) is 16.4 Å². The molecular formula is C58H39NO. The zero-order valence-electron chi connectivity index (χ0n) is 33.4. The highest BCUT2D eigenvalue weighted by molar-refractivity contribution is 6.09. The lowest BCUT2D eigenvalue weighted by Crippen LogP contribution is -2.26. The molecule has 0 unspecified atom stereocenters. The van der Waals surface area contributed by atoms with E-state index in [0.29, 0.717) is 0 Å². The summed E-state index contributed by atoms with van der Waals surface area (Å²) in [6.45, 7) is 4.73. The maximum atomic E-state index is 6.59. The van der Waals surface area contributed by atoms with Gasteiger partial charge in [0.1, 0.15) is 11.2 Å². The summed E-state index contributed by atoms with van der Waals surface area (Å²) in [7, 11) is 0. The molecule has 282 valence electrons. The molecule has 13 rings (SSSR count). The van der Waals surface area contributed by atoms with Crippen LogP contribution in [0.3, 0.4) is 0 Å². The molecule has 10 aromatic rings. The number of para-hydroxylation sites is 2. The van der Waals surface area contributed by atoms with E-state index in [9.17, 15) is 0 Å². The highest BCUT2D eigenvalue weighted by atomic mass is 16.3. The SMILES string of the molecule is CC1(C)c2ccccc2-c2ccc(N(c3cccc(-c4cccc5c4oc4ccccc45)c3)c3ccc4c(c3)C3(c5ccccc5-c5ccccc53)c3ccccc3-4)cc21. The Kier molecular flexibility index (Phi) is 6.74. The molecule has 1 heterocycles. The van der Waals surface area contributed by atoms with Gasteiger partial charge in [-0.05, 0) is 115 Å². The van der Waals surface area contributed by atoms with Gasteiger partial charge in [0.15, 0.2) is 0 Å². The van der Waals surface area contributed by atoms with Crippen molar-refractivity contribution >= 4 is 39.0 Å². The van der Waals surface area contributed by atoms with E-state index in [2.05, 4.69) is 213 Å². The van der Waals surface area contributed by atoms with E-state index in [1.807, 2.05) is 6.07 Å². The van der Waals surface area contributed by atoms with Gasteiger partial charge in [-0.1, -0.05) is 172 Å². The number of anilines is 3. The number of hydrogen-bond acceptors (Lipinski definition) is 2. The van der Waals surface area contributed by atoms with Crippen LogP contribution in [0, 0.1) is 0 Å². The smallest absolute Gasteiger partial charge is 0.143 e. The molecule has 3 aliphatic rings.